The zero-order chi connectivity index (χ0) is 21.6. The molecule has 0 spiro atoms. The molecule has 158 valence electrons. The van der Waals surface area contributed by atoms with Crippen LogP contribution in [0.25, 0.3) is 0 Å². The third kappa shape index (κ3) is 5.74. The normalized spacial score (nSPS) is 11.3. The summed E-state index contributed by atoms with van der Waals surface area (Å²) >= 11 is 7.30. The van der Waals surface area contributed by atoms with E-state index in [1.54, 1.807) is 24.3 Å². The van der Waals surface area contributed by atoms with E-state index in [9.17, 15) is 13.2 Å². The summed E-state index contributed by atoms with van der Waals surface area (Å²) in [6, 6.07) is 12.8. The predicted molar refractivity (Wildman–Crippen MR) is 117 cm³/mol. The molecule has 0 aliphatic heterocycles. The second-order valence-electron chi connectivity index (χ2n) is 6.26. The largest absolute Gasteiger partial charge is 0.355 e. The highest BCUT2D eigenvalue weighted by Crippen LogP contribution is 2.23. The molecule has 0 unspecified atom stereocenters. The van der Waals surface area contributed by atoms with E-state index in [0.717, 1.165) is 5.56 Å². The number of anilines is 1. The molecule has 0 aliphatic carbocycles. The maximum atomic E-state index is 12.7. The van der Waals surface area contributed by atoms with E-state index in [-0.39, 0.29) is 17.2 Å². The average Bonchev–Trinajstić information content (AvgIpc) is 3.25. The Labute approximate surface area is 184 Å². The fourth-order valence-corrected chi connectivity index (χ4v) is 4.53. The zero-order valence-electron chi connectivity index (χ0n) is 16.1. The number of hydrogen-bond donors (Lipinski definition) is 2. The monoisotopic (exact) mass is 465 g/mol. The van der Waals surface area contributed by atoms with E-state index >= 15 is 0 Å². The molecular formula is C19H20ClN5O3S2. The second-order valence-corrected chi connectivity index (χ2v) is 9.75. The number of benzene rings is 2. The summed E-state index contributed by atoms with van der Waals surface area (Å²) in [6.45, 7) is 0.504. The molecule has 0 bridgehead atoms. The number of H-pyrrole nitrogens is 1. The van der Waals surface area contributed by atoms with Crippen molar-refractivity contribution in [3.63, 3.8) is 0 Å². The van der Waals surface area contributed by atoms with Crippen LogP contribution in [0.2, 0.25) is 5.02 Å². The number of aromatic nitrogens is 3. The van der Waals surface area contributed by atoms with Crippen LogP contribution >= 0.6 is 23.4 Å². The van der Waals surface area contributed by atoms with Gasteiger partial charge in [0.05, 0.1) is 17.0 Å². The highest BCUT2D eigenvalue weighted by Gasteiger charge is 2.21. The maximum Gasteiger partial charge on any atom is 0.264 e. The fraction of sp³-hybridized carbons (Fsp3) is 0.211. The van der Waals surface area contributed by atoms with Crippen LogP contribution in [0.3, 0.4) is 0 Å². The first-order chi connectivity index (χ1) is 14.4. The first-order valence-corrected chi connectivity index (χ1v) is 11.7. The van der Waals surface area contributed by atoms with Gasteiger partial charge in [-0.15, -0.1) is 0 Å². The highest BCUT2D eigenvalue weighted by atomic mass is 35.5. The molecule has 3 aromatic rings. The standard InChI is InChI=1S/C19H20ClN5O3S2/c1-25(30(27,28)17-8-4-15(20)5-9-17)16-6-2-14(3-7-16)12-18(26)21-10-11-29-19-22-13-23-24-19/h2-9,13H,10-12H2,1H3,(H,21,26)(H,22,23,24). The molecular weight excluding hydrogens is 446 g/mol. The number of nitrogens with zero attached hydrogens (tertiary/aromatic N) is 3. The van der Waals surface area contributed by atoms with Crippen molar-refractivity contribution in [1.29, 1.82) is 0 Å². The van der Waals surface area contributed by atoms with Crippen molar-refractivity contribution in [1.82, 2.24) is 20.5 Å². The summed E-state index contributed by atoms with van der Waals surface area (Å²) in [7, 11) is -2.21. The molecule has 11 heteroatoms. The van der Waals surface area contributed by atoms with Gasteiger partial charge in [0.25, 0.3) is 10.0 Å². The number of hydrogen-bond acceptors (Lipinski definition) is 6. The molecule has 2 aromatic carbocycles. The Morgan fingerprint density at radius 2 is 1.87 bits per heavy atom. The predicted octanol–water partition coefficient (Wildman–Crippen LogP) is 2.73. The van der Waals surface area contributed by atoms with Crippen molar-refractivity contribution in [3.05, 3.63) is 65.4 Å². The van der Waals surface area contributed by atoms with E-state index in [2.05, 4.69) is 20.5 Å². The van der Waals surface area contributed by atoms with Gasteiger partial charge in [-0.25, -0.2) is 13.4 Å². The number of carbonyl (C=O) groups is 1. The molecule has 0 atom stereocenters. The van der Waals surface area contributed by atoms with E-state index < -0.39 is 10.0 Å². The van der Waals surface area contributed by atoms with Crippen LogP contribution in [-0.2, 0) is 21.2 Å². The number of rotatable bonds is 9. The number of nitrogens with one attached hydrogen (secondary N) is 2. The third-order valence-electron chi connectivity index (χ3n) is 4.19. The second kappa shape index (κ2) is 9.96. The molecule has 2 N–H and O–H groups in total. The first kappa shape index (κ1) is 22.1. The smallest absolute Gasteiger partial charge is 0.264 e. The number of halogens is 1. The summed E-state index contributed by atoms with van der Waals surface area (Å²) < 4.78 is 26.7. The van der Waals surface area contributed by atoms with Crippen LogP contribution in [0.1, 0.15) is 5.56 Å². The van der Waals surface area contributed by atoms with Crippen LogP contribution in [0, 0.1) is 0 Å². The Kier molecular flexibility index (Phi) is 7.35. The number of amides is 1. The zero-order valence-corrected chi connectivity index (χ0v) is 18.5. The summed E-state index contributed by atoms with van der Waals surface area (Å²) in [5.74, 6) is 0.566. The van der Waals surface area contributed by atoms with Gasteiger partial charge in [-0.2, -0.15) is 5.10 Å². The van der Waals surface area contributed by atoms with Crippen LogP contribution in [-0.4, -0.2) is 48.9 Å². The van der Waals surface area contributed by atoms with E-state index in [1.165, 1.54) is 53.7 Å². The molecule has 8 nitrogen and oxygen atoms in total. The topological polar surface area (TPSA) is 108 Å². The van der Waals surface area contributed by atoms with Crippen LogP contribution in [0.5, 0.6) is 0 Å². The lowest BCUT2D eigenvalue weighted by atomic mass is 10.1. The van der Waals surface area contributed by atoms with Gasteiger partial charge in [-0.05, 0) is 42.0 Å². The molecule has 0 fully saturated rings. The van der Waals surface area contributed by atoms with Crippen molar-refractivity contribution in [2.45, 2.75) is 16.5 Å². The Hall–Kier alpha value is -2.56. The molecule has 0 saturated heterocycles. The van der Waals surface area contributed by atoms with E-state index in [1.807, 2.05) is 0 Å². The Morgan fingerprint density at radius 3 is 2.50 bits per heavy atom. The SMILES string of the molecule is CN(c1ccc(CC(=O)NCCSc2ncn[nH]2)cc1)S(=O)(=O)c1ccc(Cl)cc1. The van der Waals surface area contributed by atoms with Crippen LogP contribution in [0.4, 0.5) is 5.69 Å². The van der Waals surface area contributed by atoms with Gasteiger partial charge in [0, 0.05) is 24.4 Å². The molecule has 1 amide bonds. The van der Waals surface area contributed by atoms with E-state index in [0.29, 0.717) is 28.2 Å². The van der Waals surface area contributed by atoms with Crippen molar-refractivity contribution in [3.8, 4) is 0 Å². The minimum Gasteiger partial charge on any atom is -0.355 e. The van der Waals surface area contributed by atoms with Gasteiger partial charge >= 0.3 is 0 Å². The summed E-state index contributed by atoms with van der Waals surface area (Å²) in [5.41, 5.74) is 1.29. The van der Waals surface area contributed by atoms with Crippen molar-refractivity contribution in [2.75, 3.05) is 23.7 Å². The van der Waals surface area contributed by atoms with Gasteiger partial charge in [0.2, 0.25) is 5.91 Å². The van der Waals surface area contributed by atoms with Gasteiger partial charge < -0.3 is 5.32 Å². The van der Waals surface area contributed by atoms with Crippen LogP contribution < -0.4 is 9.62 Å². The van der Waals surface area contributed by atoms with E-state index in [4.69, 9.17) is 11.6 Å². The molecule has 1 heterocycles. The van der Waals surface area contributed by atoms with Gasteiger partial charge in [0.1, 0.15) is 6.33 Å². The minimum atomic E-state index is -3.70. The highest BCUT2D eigenvalue weighted by molar-refractivity contribution is 7.99. The number of thioether (sulfide) groups is 1. The first-order valence-electron chi connectivity index (χ1n) is 8.94. The summed E-state index contributed by atoms with van der Waals surface area (Å²) in [6.07, 6.45) is 1.64. The average molecular weight is 466 g/mol. The van der Waals surface area contributed by atoms with Crippen molar-refractivity contribution >= 4 is 45.0 Å². The number of sulfonamides is 1. The molecule has 0 radical (unpaired) electrons. The van der Waals surface area contributed by atoms with Crippen molar-refractivity contribution in [2.24, 2.45) is 0 Å². The number of aromatic amines is 1. The lowest BCUT2D eigenvalue weighted by Crippen LogP contribution is -2.27. The lowest BCUT2D eigenvalue weighted by Gasteiger charge is -2.20. The fourth-order valence-electron chi connectivity index (χ4n) is 2.58. The maximum absolute atomic E-state index is 12.7. The molecule has 1 aromatic heterocycles. The van der Waals surface area contributed by atoms with Crippen molar-refractivity contribution < 1.29 is 13.2 Å². The summed E-state index contributed by atoms with van der Waals surface area (Å²) in [4.78, 5) is 16.2. The Bertz CT molecular complexity index is 1070. The van der Waals surface area contributed by atoms with Gasteiger partial charge in [-0.3, -0.25) is 14.2 Å². The third-order valence-corrected chi connectivity index (χ3v) is 7.12. The minimum absolute atomic E-state index is 0.108. The Morgan fingerprint density at radius 1 is 1.17 bits per heavy atom. The molecule has 3 rings (SSSR count). The van der Waals surface area contributed by atoms with Gasteiger partial charge in [0.15, 0.2) is 5.16 Å². The molecule has 0 aliphatic rings. The quantitative estimate of drug-likeness (QED) is 0.371. The lowest BCUT2D eigenvalue weighted by molar-refractivity contribution is -0.120. The summed E-state index contributed by atoms with van der Waals surface area (Å²) in [5, 5.41) is 10.5. The number of carbonyl (C=O) groups excluding carboxylic acids is 1. The Balaban J connectivity index is 1.53. The molecule has 30 heavy (non-hydrogen) atoms. The van der Waals surface area contributed by atoms with Gasteiger partial charge in [-0.1, -0.05) is 35.5 Å². The molecule has 0 saturated carbocycles. The van der Waals surface area contributed by atoms with Crippen LogP contribution in [0.15, 0.2) is 64.9 Å².